The molecule has 2 aliphatic rings. The number of nitrogens with zero attached hydrogens (tertiary/aromatic N) is 3. The van der Waals surface area contributed by atoms with E-state index in [-0.39, 0.29) is 22.4 Å². The highest BCUT2D eigenvalue weighted by Gasteiger charge is 2.59. The number of benzene rings is 3. The van der Waals surface area contributed by atoms with Crippen LogP contribution in [0.5, 0.6) is 0 Å². The van der Waals surface area contributed by atoms with E-state index in [2.05, 4.69) is 149 Å². The van der Waals surface area contributed by atoms with Crippen LogP contribution < -0.4 is 9.80 Å². The number of rotatable bonds is 3. The zero-order valence-electron chi connectivity index (χ0n) is 23.4. The smallest absolute Gasteiger partial charge is 0.158 e. The maximum absolute atomic E-state index is 5.02. The highest BCUT2D eigenvalue weighted by Crippen LogP contribution is 2.63. The first-order valence-electron chi connectivity index (χ1n) is 13.6. The molecule has 0 amide bonds. The van der Waals surface area contributed by atoms with Gasteiger partial charge in [0.15, 0.2) is 5.82 Å². The summed E-state index contributed by atoms with van der Waals surface area (Å²) >= 11 is 0. The van der Waals surface area contributed by atoms with E-state index in [9.17, 15) is 0 Å². The summed E-state index contributed by atoms with van der Waals surface area (Å²) in [6, 6.07) is 30.7. The maximum Gasteiger partial charge on any atom is 0.158 e. The molecule has 3 heterocycles. The zero-order valence-corrected chi connectivity index (χ0v) is 23.4. The van der Waals surface area contributed by atoms with Gasteiger partial charge in [0.05, 0.1) is 11.4 Å². The quantitative estimate of drug-likeness (QED) is 0.262. The number of hydrogen-bond acceptors (Lipinski definition) is 3. The molecule has 3 aromatic carbocycles. The van der Waals surface area contributed by atoms with Crippen molar-refractivity contribution in [1.29, 1.82) is 0 Å². The van der Waals surface area contributed by atoms with Crippen molar-refractivity contribution in [2.45, 2.75) is 58.5 Å². The summed E-state index contributed by atoms with van der Waals surface area (Å²) in [5, 5.41) is 0. The van der Waals surface area contributed by atoms with Crippen LogP contribution in [0.4, 0.5) is 22.9 Å². The second-order valence-electron chi connectivity index (χ2n) is 12.5. The molecule has 0 bridgehead atoms. The van der Waals surface area contributed by atoms with Gasteiger partial charge in [0.1, 0.15) is 6.17 Å². The van der Waals surface area contributed by atoms with E-state index in [1.807, 2.05) is 6.20 Å². The fourth-order valence-electron chi connectivity index (χ4n) is 6.45. The fourth-order valence-corrected chi connectivity index (χ4v) is 6.45. The Morgan fingerprint density at radius 1 is 0.789 bits per heavy atom. The highest BCUT2D eigenvalue weighted by atomic mass is 15.5. The summed E-state index contributed by atoms with van der Waals surface area (Å²) in [4.78, 5) is 10.0. The van der Waals surface area contributed by atoms with Crippen molar-refractivity contribution in [3.8, 4) is 11.1 Å². The Hall–Kier alpha value is -3.85. The molecule has 192 valence electrons. The first-order chi connectivity index (χ1) is 18.1. The Morgan fingerprint density at radius 2 is 1.47 bits per heavy atom. The molecule has 0 spiro atoms. The predicted molar refractivity (Wildman–Crippen MR) is 161 cm³/mol. The summed E-state index contributed by atoms with van der Waals surface area (Å²) in [6.45, 7) is 18.4. The van der Waals surface area contributed by atoms with Crippen molar-refractivity contribution in [3.05, 3.63) is 115 Å². The molecule has 4 aromatic rings. The molecular weight excluding hydrogens is 462 g/mol. The minimum absolute atomic E-state index is 0.00276. The Bertz CT molecular complexity index is 1530. The van der Waals surface area contributed by atoms with Crippen LogP contribution in [0, 0.1) is 5.41 Å². The lowest BCUT2D eigenvalue weighted by molar-refractivity contribution is 0.171. The number of fused-ring (bicyclic) bond motifs is 5. The fraction of sp³-hybridized carbons (Fsp3) is 0.286. The second-order valence-corrected chi connectivity index (χ2v) is 12.5. The van der Waals surface area contributed by atoms with Gasteiger partial charge in [-0.2, -0.15) is 0 Å². The van der Waals surface area contributed by atoms with E-state index in [0.29, 0.717) is 0 Å². The van der Waals surface area contributed by atoms with Crippen molar-refractivity contribution in [2.75, 3.05) is 9.80 Å². The summed E-state index contributed by atoms with van der Waals surface area (Å²) in [6.07, 6.45) is 4.09. The summed E-state index contributed by atoms with van der Waals surface area (Å²) in [7, 11) is 0. The molecule has 0 saturated carbocycles. The third kappa shape index (κ3) is 3.31. The van der Waals surface area contributed by atoms with Gasteiger partial charge in [-0.3, -0.25) is 0 Å². The number of allylic oxidation sites excluding steroid dienone is 1. The van der Waals surface area contributed by atoms with Gasteiger partial charge in [-0.1, -0.05) is 108 Å². The van der Waals surface area contributed by atoms with Gasteiger partial charge >= 0.3 is 0 Å². The molecule has 2 atom stereocenters. The van der Waals surface area contributed by atoms with Crippen LogP contribution in [-0.4, -0.2) is 11.1 Å². The van der Waals surface area contributed by atoms with Gasteiger partial charge in [0.25, 0.3) is 0 Å². The lowest BCUT2D eigenvalue weighted by Crippen LogP contribution is -2.60. The number of anilines is 4. The van der Waals surface area contributed by atoms with Crippen LogP contribution in [0.1, 0.15) is 52.7 Å². The molecule has 3 heteroatoms. The van der Waals surface area contributed by atoms with E-state index in [1.165, 1.54) is 33.6 Å². The van der Waals surface area contributed by atoms with Crippen molar-refractivity contribution >= 4 is 22.9 Å². The minimum atomic E-state index is -0.262. The van der Waals surface area contributed by atoms with Gasteiger partial charge in [0, 0.05) is 28.3 Å². The molecule has 2 aliphatic heterocycles. The minimum Gasteiger partial charge on any atom is -0.316 e. The van der Waals surface area contributed by atoms with Gasteiger partial charge in [-0.25, -0.2) is 4.98 Å². The van der Waals surface area contributed by atoms with E-state index in [4.69, 9.17) is 4.98 Å². The monoisotopic (exact) mass is 499 g/mol. The largest absolute Gasteiger partial charge is 0.316 e. The van der Waals surface area contributed by atoms with E-state index in [0.717, 1.165) is 11.5 Å². The van der Waals surface area contributed by atoms with Crippen molar-refractivity contribution in [2.24, 2.45) is 5.41 Å². The molecule has 38 heavy (non-hydrogen) atoms. The standard InChI is InChI=1S/C35H37N3/c1-8-35(7)27-21-20-25(33(2,3)4)23-30(27)37-29-19-14-22-36-31(29)38(32(37)34(35,5)6)28-18-13-12-17-26(28)24-15-10-9-11-16-24/h8-23,32H,1H2,2-7H3. The summed E-state index contributed by atoms with van der Waals surface area (Å²) in [5.41, 5.74) is 8.18. The Morgan fingerprint density at radius 3 is 2.18 bits per heavy atom. The zero-order chi connectivity index (χ0) is 26.9. The molecule has 0 saturated heterocycles. The number of aromatic nitrogens is 1. The second kappa shape index (κ2) is 8.33. The van der Waals surface area contributed by atoms with Crippen LogP contribution in [0.3, 0.4) is 0 Å². The van der Waals surface area contributed by atoms with Crippen molar-refractivity contribution in [1.82, 2.24) is 4.98 Å². The maximum atomic E-state index is 5.02. The first-order valence-corrected chi connectivity index (χ1v) is 13.6. The highest BCUT2D eigenvalue weighted by molar-refractivity contribution is 5.93. The Labute approximate surface area is 227 Å². The molecular formula is C35H37N3. The normalized spacial score (nSPS) is 21.5. The molecule has 1 aromatic heterocycles. The Kier molecular flexibility index (Phi) is 5.36. The molecule has 0 radical (unpaired) electrons. The lowest BCUT2D eigenvalue weighted by Gasteiger charge is -2.57. The number of para-hydroxylation sites is 1. The molecule has 0 fully saturated rings. The van der Waals surface area contributed by atoms with Crippen LogP contribution in [0.15, 0.2) is 104 Å². The molecule has 3 nitrogen and oxygen atoms in total. The van der Waals surface area contributed by atoms with Crippen LogP contribution in [0.2, 0.25) is 0 Å². The van der Waals surface area contributed by atoms with Gasteiger partial charge < -0.3 is 9.80 Å². The number of pyridine rings is 1. The van der Waals surface area contributed by atoms with Crippen LogP contribution >= 0.6 is 0 Å². The third-order valence-corrected chi connectivity index (χ3v) is 9.07. The van der Waals surface area contributed by atoms with Gasteiger partial charge in [-0.15, -0.1) is 6.58 Å². The SMILES string of the molecule is C=CC1(C)c2ccc(C(C)(C)C)cc2N2c3cccnc3N(c3ccccc3-c3ccccc3)C2C1(C)C. The van der Waals surface area contributed by atoms with E-state index in [1.54, 1.807) is 0 Å². The summed E-state index contributed by atoms with van der Waals surface area (Å²) in [5.74, 6) is 0.995. The molecule has 6 rings (SSSR count). The number of hydrogen-bond donors (Lipinski definition) is 0. The third-order valence-electron chi connectivity index (χ3n) is 9.07. The van der Waals surface area contributed by atoms with Crippen molar-refractivity contribution in [3.63, 3.8) is 0 Å². The molecule has 0 aliphatic carbocycles. The average molecular weight is 500 g/mol. The molecule has 0 N–H and O–H groups in total. The summed E-state index contributed by atoms with van der Waals surface area (Å²) < 4.78 is 0. The van der Waals surface area contributed by atoms with Gasteiger partial charge in [0.2, 0.25) is 0 Å². The lowest BCUT2D eigenvalue weighted by atomic mass is 9.58. The topological polar surface area (TPSA) is 19.4 Å². The Balaban J connectivity index is 1.67. The predicted octanol–water partition coefficient (Wildman–Crippen LogP) is 9.15. The molecule has 2 unspecified atom stereocenters. The van der Waals surface area contributed by atoms with E-state index < -0.39 is 0 Å². The average Bonchev–Trinajstić information content (AvgIpc) is 3.28. The van der Waals surface area contributed by atoms with Gasteiger partial charge in [-0.05, 0) is 46.4 Å². The van der Waals surface area contributed by atoms with E-state index >= 15 is 0 Å². The van der Waals surface area contributed by atoms with Crippen LogP contribution in [-0.2, 0) is 10.8 Å². The van der Waals surface area contributed by atoms with Crippen LogP contribution in [0.25, 0.3) is 11.1 Å². The first kappa shape index (κ1) is 24.5. The van der Waals surface area contributed by atoms with Crippen molar-refractivity contribution < 1.29 is 0 Å².